The lowest BCUT2D eigenvalue weighted by atomic mass is 10.1. The van der Waals surface area contributed by atoms with Gasteiger partial charge in [0.25, 0.3) is 0 Å². The molecule has 0 amide bonds. The van der Waals surface area contributed by atoms with E-state index >= 15 is 0 Å². The molecule has 2 aromatic carbocycles. The molecule has 0 bridgehead atoms. The predicted molar refractivity (Wildman–Crippen MR) is 94.3 cm³/mol. The second-order valence-electron chi connectivity index (χ2n) is 5.11. The molecule has 118 valence electrons. The quantitative estimate of drug-likeness (QED) is 0.720. The number of rotatable bonds is 5. The molecule has 5 heteroatoms. The Bertz CT molecular complexity index is 797. The number of nitrogen functional groups attached to an aromatic ring is 1. The van der Waals surface area contributed by atoms with Crippen LogP contribution in [0.1, 0.15) is 10.6 Å². The monoisotopic (exact) mass is 326 g/mol. The van der Waals surface area contributed by atoms with Gasteiger partial charge in [0, 0.05) is 17.4 Å². The van der Waals surface area contributed by atoms with Gasteiger partial charge in [0.1, 0.15) is 11.5 Å². The highest BCUT2D eigenvalue weighted by molar-refractivity contribution is 7.10. The van der Waals surface area contributed by atoms with Crippen LogP contribution in [0.25, 0.3) is 11.3 Å². The highest BCUT2D eigenvalue weighted by Gasteiger charge is 2.08. The second kappa shape index (κ2) is 6.71. The van der Waals surface area contributed by atoms with Crippen molar-refractivity contribution in [3.05, 3.63) is 58.4 Å². The van der Waals surface area contributed by atoms with Crippen LogP contribution in [-0.4, -0.2) is 19.2 Å². The van der Waals surface area contributed by atoms with Crippen LogP contribution >= 0.6 is 11.3 Å². The molecule has 0 fully saturated rings. The number of hydrogen-bond acceptors (Lipinski definition) is 5. The van der Waals surface area contributed by atoms with E-state index in [-0.39, 0.29) is 0 Å². The molecule has 0 atom stereocenters. The van der Waals surface area contributed by atoms with Crippen molar-refractivity contribution >= 4 is 17.0 Å². The van der Waals surface area contributed by atoms with E-state index in [1.807, 2.05) is 30.3 Å². The van der Waals surface area contributed by atoms with Gasteiger partial charge in [-0.05, 0) is 35.9 Å². The number of methoxy groups -OCH3 is 2. The van der Waals surface area contributed by atoms with E-state index in [0.717, 1.165) is 28.4 Å². The molecule has 1 aromatic heterocycles. The van der Waals surface area contributed by atoms with E-state index < -0.39 is 0 Å². The van der Waals surface area contributed by atoms with Crippen molar-refractivity contribution in [1.82, 2.24) is 4.98 Å². The Balaban J connectivity index is 1.78. The van der Waals surface area contributed by atoms with Crippen molar-refractivity contribution in [2.24, 2.45) is 0 Å². The minimum absolute atomic E-state index is 0.620. The molecule has 23 heavy (non-hydrogen) atoms. The lowest BCUT2D eigenvalue weighted by Crippen LogP contribution is -1.93. The van der Waals surface area contributed by atoms with Crippen LogP contribution in [-0.2, 0) is 6.42 Å². The zero-order valence-corrected chi connectivity index (χ0v) is 13.9. The van der Waals surface area contributed by atoms with E-state index in [1.54, 1.807) is 25.6 Å². The highest BCUT2D eigenvalue weighted by Crippen LogP contribution is 2.29. The molecule has 2 N–H and O–H groups in total. The molecule has 0 unspecified atom stereocenters. The molecule has 0 saturated heterocycles. The van der Waals surface area contributed by atoms with Gasteiger partial charge in [-0.25, -0.2) is 4.98 Å². The van der Waals surface area contributed by atoms with E-state index in [2.05, 4.69) is 17.5 Å². The number of anilines is 1. The van der Waals surface area contributed by atoms with Crippen LogP contribution in [0.4, 0.5) is 5.69 Å². The average Bonchev–Trinajstić information content (AvgIpc) is 3.04. The lowest BCUT2D eigenvalue weighted by Gasteiger charge is -2.05. The number of aromatic nitrogens is 1. The maximum atomic E-state index is 5.97. The minimum Gasteiger partial charge on any atom is -0.497 e. The maximum Gasteiger partial charge on any atom is 0.141 e. The van der Waals surface area contributed by atoms with E-state index in [0.29, 0.717) is 11.4 Å². The molecular weight excluding hydrogens is 308 g/mol. The van der Waals surface area contributed by atoms with Crippen molar-refractivity contribution in [2.75, 3.05) is 20.0 Å². The third kappa shape index (κ3) is 3.46. The number of nitrogens with zero attached hydrogens (tertiary/aromatic N) is 1. The zero-order chi connectivity index (χ0) is 16.2. The van der Waals surface area contributed by atoms with E-state index in [9.17, 15) is 0 Å². The SMILES string of the molecule is COc1ccc(Cc2nc(-c3ccc(OC)c(N)c3)cs2)cc1. The highest BCUT2D eigenvalue weighted by atomic mass is 32.1. The molecule has 0 saturated carbocycles. The Morgan fingerprint density at radius 3 is 2.48 bits per heavy atom. The third-order valence-electron chi connectivity index (χ3n) is 3.59. The summed E-state index contributed by atoms with van der Waals surface area (Å²) in [6.45, 7) is 0. The fourth-order valence-corrected chi connectivity index (χ4v) is 3.17. The molecule has 1 heterocycles. The van der Waals surface area contributed by atoms with Gasteiger partial charge >= 0.3 is 0 Å². The first-order valence-electron chi connectivity index (χ1n) is 7.21. The summed E-state index contributed by atoms with van der Waals surface area (Å²) < 4.78 is 10.4. The molecular formula is C18H18N2O2S. The number of thiazole rings is 1. The van der Waals surface area contributed by atoms with Crippen LogP contribution in [0.15, 0.2) is 47.8 Å². The van der Waals surface area contributed by atoms with Gasteiger partial charge in [0.05, 0.1) is 30.6 Å². The summed E-state index contributed by atoms with van der Waals surface area (Å²) in [4.78, 5) is 4.71. The summed E-state index contributed by atoms with van der Waals surface area (Å²) in [7, 11) is 3.28. The molecule has 4 nitrogen and oxygen atoms in total. The van der Waals surface area contributed by atoms with Crippen LogP contribution in [0.2, 0.25) is 0 Å². The minimum atomic E-state index is 0.620. The first-order valence-corrected chi connectivity index (χ1v) is 8.09. The Labute approximate surface area is 139 Å². The molecule has 0 aliphatic heterocycles. The van der Waals surface area contributed by atoms with Crippen LogP contribution in [0.5, 0.6) is 11.5 Å². The van der Waals surface area contributed by atoms with Gasteiger partial charge in [-0.1, -0.05) is 12.1 Å². The first kappa shape index (κ1) is 15.4. The van der Waals surface area contributed by atoms with Gasteiger partial charge < -0.3 is 15.2 Å². The number of hydrogen-bond donors (Lipinski definition) is 1. The van der Waals surface area contributed by atoms with Crippen molar-refractivity contribution in [3.63, 3.8) is 0 Å². The Kier molecular flexibility index (Phi) is 4.48. The smallest absolute Gasteiger partial charge is 0.141 e. The normalized spacial score (nSPS) is 10.5. The van der Waals surface area contributed by atoms with Crippen molar-refractivity contribution in [1.29, 1.82) is 0 Å². The molecule has 0 radical (unpaired) electrons. The van der Waals surface area contributed by atoms with Crippen molar-refractivity contribution in [3.8, 4) is 22.8 Å². The fourth-order valence-electron chi connectivity index (χ4n) is 2.34. The average molecular weight is 326 g/mol. The van der Waals surface area contributed by atoms with Crippen molar-refractivity contribution < 1.29 is 9.47 Å². The summed E-state index contributed by atoms with van der Waals surface area (Å²) in [6.07, 6.45) is 0.806. The van der Waals surface area contributed by atoms with Crippen LogP contribution in [0, 0.1) is 0 Å². The summed E-state index contributed by atoms with van der Waals surface area (Å²) in [6, 6.07) is 13.8. The number of nitrogens with two attached hydrogens (primary N) is 1. The van der Waals surface area contributed by atoms with Crippen LogP contribution < -0.4 is 15.2 Å². The Morgan fingerprint density at radius 1 is 1.04 bits per heavy atom. The fraction of sp³-hybridized carbons (Fsp3) is 0.167. The Hall–Kier alpha value is -2.53. The molecule has 0 aliphatic rings. The zero-order valence-electron chi connectivity index (χ0n) is 13.1. The standard InChI is InChI=1S/C18H18N2O2S/c1-21-14-6-3-12(4-7-14)9-18-20-16(11-23-18)13-5-8-17(22-2)15(19)10-13/h3-8,10-11H,9,19H2,1-2H3. The van der Waals surface area contributed by atoms with E-state index in [4.69, 9.17) is 20.2 Å². The topological polar surface area (TPSA) is 57.4 Å². The largest absolute Gasteiger partial charge is 0.497 e. The number of ether oxygens (including phenoxy) is 2. The van der Waals surface area contributed by atoms with Gasteiger partial charge in [-0.3, -0.25) is 0 Å². The van der Waals surface area contributed by atoms with Crippen molar-refractivity contribution in [2.45, 2.75) is 6.42 Å². The third-order valence-corrected chi connectivity index (χ3v) is 4.44. The molecule has 3 rings (SSSR count). The van der Waals surface area contributed by atoms with Gasteiger partial charge in [0.2, 0.25) is 0 Å². The van der Waals surface area contributed by atoms with Gasteiger partial charge in [0.15, 0.2) is 0 Å². The summed E-state index contributed by atoms with van der Waals surface area (Å²) in [5.74, 6) is 1.55. The first-order chi connectivity index (χ1) is 11.2. The maximum absolute atomic E-state index is 5.97. The second-order valence-corrected chi connectivity index (χ2v) is 6.05. The summed E-state index contributed by atoms with van der Waals surface area (Å²) in [5, 5.41) is 3.12. The summed E-state index contributed by atoms with van der Waals surface area (Å²) in [5.41, 5.74) is 9.73. The van der Waals surface area contributed by atoms with Gasteiger partial charge in [-0.15, -0.1) is 11.3 Å². The Morgan fingerprint density at radius 2 is 1.83 bits per heavy atom. The lowest BCUT2D eigenvalue weighted by molar-refractivity contribution is 0.414. The van der Waals surface area contributed by atoms with Crippen LogP contribution in [0.3, 0.4) is 0 Å². The predicted octanol–water partition coefficient (Wildman–Crippen LogP) is 4.00. The summed E-state index contributed by atoms with van der Waals surface area (Å²) >= 11 is 1.65. The molecule has 0 spiro atoms. The van der Waals surface area contributed by atoms with E-state index in [1.165, 1.54) is 5.56 Å². The molecule has 0 aliphatic carbocycles. The number of benzene rings is 2. The molecule has 3 aromatic rings. The van der Waals surface area contributed by atoms with Gasteiger partial charge in [-0.2, -0.15) is 0 Å².